The van der Waals surface area contributed by atoms with Crippen LogP contribution in [-0.2, 0) is 6.54 Å². The van der Waals surface area contributed by atoms with Crippen LogP contribution in [0.4, 0.5) is 5.82 Å². The number of carbonyl (C=O) groups excluding carboxylic acids is 1. The fourth-order valence-electron chi connectivity index (χ4n) is 1.81. The predicted molar refractivity (Wildman–Crippen MR) is 70.6 cm³/mol. The van der Waals surface area contributed by atoms with Crippen LogP contribution in [0.5, 0.6) is 0 Å². The van der Waals surface area contributed by atoms with E-state index in [0.29, 0.717) is 5.56 Å². The second-order valence-corrected chi connectivity index (χ2v) is 3.90. The van der Waals surface area contributed by atoms with Crippen LogP contribution >= 0.6 is 0 Å². The van der Waals surface area contributed by atoms with E-state index in [-0.39, 0.29) is 0 Å². The van der Waals surface area contributed by atoms with Gasteiger partial charge in [0.2, 0.25) is 0 Å². The highest BCUT2D eigenvalue weighted by atomic mass is 16.1. The normalized spacial score (nSPS) is 10.1. The van der Waals surface area contributed by atoms with E-state index in [9.17, 15) is 4.79 Å². The minimum atomic E-state index is 0.619. The number of rotatable bonds is 5. The molecule has 0 spiro atoms. The largest absolute Gasteiger partial charge is 0.352 e. The first-order valence-corrected chi connectivity index (χ1v) is 5.89. The molecule has 0 saturated carbocycles. The smallest absolute Gasteiger partial charge is 0.153 e. The fourth-order valence-corrected chi connectivity index (χ4v) is 1.81. The molecule has 0 aliphatic heterocycles. The molecule has 0 bridgehead atoms. The van der Waals surface area contributed by atoms with E-state index in [4.69, 9.17) is 0 Å². The van der Waals surface area contributed by atoms with Crippen LogP contribution in [0.15, 0.2) is 42.9 Å². The number of hydrogen-bond acceptors (Lipinski definition) is 4. The summed E-state index contributed by atoms with van der Waals surface area (Å²) < 4.78 is 0. The lowest BCUT2D eigenvalue weighted by Gasteiger charge is -2.23. The van der Waals surface area contributed by atoms with E-state index < -0.39 is 0 Å². The molecule has 0 amide bonds. The van der Waals surface area contributed by atoms with Gasteiger partial charge in [-0.25, -0.2) is 4.98 Å². The number of pyridine rings is 2. The van der Waals surface area contributed by atoms with Crippen molar-refractivity contribution in [3.63, 3.8) is 0 Å². The molecule has 2 aromatic rings. The molecule has 2 heterocycles. The van der Waals surface area contributed by atoms with Gasteiger partial charge in [0.05, 0.1) is 5.56 Å². The standard InChI is InChI=1S/C14H15N3O/c1-2-17(10-12-5-8-15-9-6-12)14-13(11-18)4-3-7-16-14/h3-9,11H,2,10H2,1H3. The first-order chi connectivity index (χ1) is 8.85. The molecule has 4 nitrogen and oxygen atoms in total. The highest BCUT2D eigenvalue weighted by molar-refractivity contribution is 5.82. The lowest BCUT2D eigenvalue weighted by atomic mass is 10.2. The monoisotopic (exact) mass is 241 g/mol. The van der Waals surface area contributed by atoms with E-state index in [2.05, 4.69) is 14.9 Å². The van der Waals surface area contributed by atoms with E-state index in [0.717, 1.165) is 30.8 Å². The molecule has 0 aliphatic rings. The predicted octanol–water partition coefficient (Wildman–Crippen LogP) is 2.32. The van der Waals surface area contributed by atoms with Gasteiger partial charge in [-0.15, -0.1) is 0 Å². The molecule has 0 aliphatic carbocycles. The molecule has 0 atom stereocenters. The van der Waals surface area contributed by atoms with Crippen molar-refractivity contribution in [1.29, 1.82) is 0 Å². The van der Waals surface area contributed by atoms with Crippen molar-refractivity contribution in [2.75, 3.05) is 11.4 Å². The summed E-state index contributed by atoms with van der Waals surface area (Å²) in [6.45, 7) is 3.56. The molecule has 0 saturated heterocycles. The Bertz CT molecular complexity index is 513. The summed E-state index contributed by atoms with van der Waals surface area (Å²) in [4.78, 5) is 21.4. The van der Waals surface area contributed by atoms with Crippen molar-refractivity contribution in [2.24, 2.45) is 0 Å². The summed E-state index contributed by atoms with van der Waals surface area (Å²) in [7, 11) is 0. The van der Waals surface area contributed by atoms with Crippen molar-refractivity contribution in [1.82, 2.24) is 9.97 Å². The molecular formula is C14H15N3O. The minimum Gasteiger partial charge on any atom is -0.352 e. The van der Waals surface area contributed by atoms with Crippen LogP contribution in [0.1, 0.15) is 22.8 Å². The van der Waals surface area contributed by atoms with Gasteiger partial charge < -0.3 is 4.90 Å². The van der Waals surface area contributed by atoms with Gasteiger partial charge in [0.25, 0.3) is 0 Å². The van der Waals surface area contributed by atoms with Crippen LogP contribution in [-0.4, -0.2) is 22.8 Å². The van der Waals surface area contributed by atoms with E-state index >= 15 is 0 Å². The number of hydrogen-bond donors (Lipinski definition) is 0. The van der Waals surface area contributed by atoms with Gasteiger partial charge in [0.1, 0.15) is 5.82 Å². The third-order valence-corrected chi connectivity index (χ3v) is 2.75. The van der Waals surface area contributed by atoms with E-state index in [1.807, 2.05) is 19.1 Å². The van der Waals surface area contributed by atoms with Crippen LogP contribution in [0.3, 0.4) is 0 Å². The molecule has 18 heavy (non-hydrogen) atoms. The summed E-state index contributed by atoms with van der Waals surface area (Å²) in [6, 6.07) is 7.48. The first kappa shape index (κ1) is 12.2. The number of carbonyl (C=O) groups is 1. The third-order valence-electron chi connectivity index (χ3n) is 2.75. The van der Waals surface area contributed by atoms with Gasteiger partial charge in [-0.3, -0.25) is 9.78 Å². The quantitative estimate of drug-likeness (QED) is 0.754. The Hall–Kier alpha value is -2.23. The number of aromatic nitrogens is 2. The molecule has 2 rings (SSSR count). The summed E-state index contributed by atoms with van der Waals surface area (Å²) in [5, 5.41) is 0. The number of anilines is 1. The Morgan fingerprint density at radius 3 is 2.67 bits per heavy atom. The number of nitrogens with zero attached hydrogens (tertiary/aromatic N) is 3. The highest BCUT2D eigenvalue weighted by Gasteiger charge is 2.10. The van der Waals surface area contributed by atoms with Crippen molar-refractivity contribution < 1.29 is 4.79 Å². The lowest BCUT2D eigenvalue weighted by Crippen LogP contribution is -2.24. The molecule has 0 N–H and O–H groups in total. The van der Waals surface area contributed by atoms with Gasteiger partial charge in [0, 0.05) is 31.7 Å². The van der Waals surface area contributed by atoms with Crippen molar-refractivity contribution in [3.8, 4) is 0 Å². The maximum atomic E-state index is 11.0. The molecule has 4 heteroatoms. The molecular weight excluding hydrogens is 226 g/mol. The maximum Gasteiger partial charge on any atom is 0.153 e. The Balaban J connectivity index is 2.26. The summed E-state index contributed by atoms with van der Waals surface area (Å²) in [6.07, 6.45) is 6.08. The molecule has 0 unspecified atom stereocenters. The average Bonchev–Trinajstić information content (AvgIpc) is 2.46. The van der Waals surface area contributed by atoms with E-state index in [1.54, 1.807) is 30.7 Å². The maximum absolute atomic E-state index is 11.0. The highest BCUT2D eigenvalue weighted by Crippen LogP contribution is 2.17. The van der Waals surface area contributed by atoms with Gasteiger partial charge in [-0.05, 0) is 36.8 Å². The van der Waals surface area contributed by atoms with Crippen molar-refractivity contribution >= 4 is 12.1 Å². The van der Waals surface area contributed by atoms with Gasteiger partial charge >= 0.3 is 0 Å². The van der Waals surface area contributed by atoms with Crippen molar-refractivity contribution in [2.45, 2.75) is 13.5 Å². The van der Waals surface area contributed by atoms with Crippen LogP contribution in [0.25, 0.3) is 0 Å². The lowest BCUT2D eigenvalue weighted by molar-refractivity contribution is 0.112. The molecule has 2 aromatic heterocycles. The Morgan fingerprint density at radius 2 is 2.00 bits per heavy atom. The minimum absolute atomic E-state index is 0.619. The summed E-state index contributed by atoms with van der Waals surface area (Å²) in [5.74, 6) is 0.729. The second kappa shape index (κ2) is 5.91. The third kappa shape index (κ3) is 2.71. The first-order valence-electron chi connectivity index (χ1n) is 5.89. The summed E-state index contributed by atoms with van der Waals surface area (Å²) in [5.41, 5.74) is 1.77. The topological polar surface area (TPSA) is 46.1 Å². The number of aldehydes is 1. The van der Waals surface area contributed by atoms with Gasteiger partial charge in [0.15, 0.2) is 6.29 Å². The van der Waals surface area contributed by atoms with Crippen molar-refractivity contribution in [3.05, 3.63) is 54.0 Å². The second-order valence-electron chi connectivity index (χ2n) is 3.90. The molecule has 0 radical (unpaired) electrons. The summed E-state index contributed by atoms with van der Waals surface area (Å²) >= 11 is 0. The zero-order chi connectivity index (χ0) is 12.8. The zero-order valence-electron chi connectivity index (χ0n) is 10.3. The Labute approximate surface area is 106 Å². The average molecular weight is 241 g/mol. The van der Waals surface area contributed by atoms with Crippen LogP contribution in [0.2, 0.25) is 0 Å². The van der Waals surface area contributed by atoms with Crippen LogP contribution in [0, 0.1) is 0 Å². The SMILES string of the molecule is CCN(Cc1ccncc1)c1ncccc1C=O. The van der Waals surface area contributed by atoms with Crippen LogP contribution < -0.4 is 4.90 Å². The Morgan fingerprint density at radius 1 is 1.22 bits per heavy atom. The Kier molecular flexibility index (Phi) is 4.02. The molecule has 92 valence electrons. The van der Waals surface area contributed by atoms with Gasteiger partial charge in [-0.2, -0.15) is 0 Å². The molecule has 0 fully saturated rings. The zero-order valence-corrected chi connectivity index (χ0v) is 10.3. The van der Waals surface area contributed by atoms with E-state index in [1.165, 1.54) is 0 Å². The van der Waals surface area contributed by atoms with Gasteiger partial charge in [-0.1, -0.05) is 0 Å². The fraction of sp³-hybridized carbons (Fsp3) is 0.214. The molecule has 0 aromatic carbocycles.